The number of amides is 1. The minimum atomic E-state index is -0.797. The minimum Gasteiger partial charge on any atom is -0.366 e. The number of piperazine rings is 1. The van der Waals surface area contributed by atoms with Crippen LogP contribution in [0.3, 0.4) is 0 Å². The minimum absolute atomic E-state index is 0. The highest BCUT2D eigenvalue weighted by molar-refractivity contribution is 5.86. The normalized spacial score (nSPS) is 17.6. The molecule has 1 unspecified atom stereocenters. The number of hydrogen-bond donors (Lipinski definition) is 1. The van der Waals surface area contributed by atoms with Crippen molar-refractivity contribution in [3.8, 4) is 0 Å². The molecule has 0 bridgehead atoms. The SMILES string of the molecule is CCCC(C)(N)C(=O)N1CCN(c2ccccc2F)CC1.Cl. The fourth-order valence-corrected chi connectivity index (χ4v) is 2.85. The summed E-state index contributed by atoms with van der Waals surface area (Å²) < 4.78 is 13.8. The van der Waals surface area contributed by atoms with E-state index in [0.29, 0.717) is 38.3 Å². The van der Waals surface area contributed by atoms with Gasteiger partial charge in [-0.05, 0) is 25.5 Å². The van der Waals surface area contributed by atoms with Crippen LogP contribution in [0, 0.1) is 5.82 Å². The Kier molecular flexibility index (Phi) is 6.63. The average molecular weight is 330 g/mol. The van der Waals surface area contributed by atoms with E-state index in [9.17, 15) is 9.18 Å². The highest BCUT2D eigenvalue weighted by Crippen LogP contribution is 2.21. The number of halogens is 2. The Morgan fingerprint density at radius 1 is 1.27 bits per heavy atom. The molecule has 1 aromatic rings. The zero-order chi connectivity index (χ0) is 15.5. The van der Waals surface area contributed by atoms with Gasteiger partial charge in [-0.25, -0.2) is 4.39 Å². The predicted molar refractivity (Wildman–Crippen MR) is 89.9 cm³/mol. The van der Waals surface area contributed by atoms with Crippen LogP contribution in [0.15, 0.2) is 24.3 Å². The maximum absolute atomic E-state index is 13.8. The van der Waals surface area contributed by atoms with Gasteiger partial charge in [-0.15, -0.1) is 12.4 Å². The lowest BCUT2D eigenvalue weighted by molar-refractivity contribution is -0.137. The van der Waals surface area contributed by atoms with E-state index in [1.807, 2.05) is 17.9 Å². The summed E-state index contributed by atoms with van der Waals surface area (Å²) in [5, 5.41) is 0. The van der Waals surface area contributed by atoms with Gasteiger partial charge in [0.05, 0.1) is 11.2 Å². The number of benzene rings is 1. The summed E-state index contributed by atoms with van der Waals surface area (Å²) in [5.41, 5.74) is 5.92. The van der Waals surface area contributed by atoms with Crippen LogP contribution in [0.2, 0.25) is 0 Å². The maximum atomic E-state index is 13.8. The van der Waals surface area contributed by atoms with Gasteiger partial charge < -0.3 is 15.5 Å². The van der Waals surface area contributed by atoms with Crippen molar-refractivity contribution in [2.45, 2.75) is 32.2 Å². The van der Waals surface area contributed by atoms with Crippen molar-refractivity contribution in [2.24, 2.45) is 5.73 Å². The smallest absolute Gasteiger partial charge is 0.242 e. The second-order valence-electron chi connectivity index (χ2n) is 5.90. The third kappa shape index (κ3) is 4.11. The fraction of sp³-hybridized carbons (Fsp3) is 0.562. The molecular weight excluding hydrogens is 305 g/mol. The Morgan fingerprint density at radius 3 is 2.41 bits per heavy atom. The summed E-state index contributed by atoms with van der Waals surface area (Å²) in [6.45, 7) is 6.26. The van der Waals surface area contributed by atoms with Crippen molar-refractivity contribution in [2.75, 3.05) is 31.1 Å². The lowest BCUT2D eigenvalue weighted by Crippen LogP contribution is -2.58. The van der Waals surface area contributed by atoms with Gasteiger partial charge in [0.1, 0.15) is 5.82 Å². The number of para-hydroxylation sites is 1. The lowest BCUT2D eigenvalue weighted by atomic mass is 9.95. The van der Waals surface area contributed by atoms with Crippen molar-refractivity contribution in [1.29, 1.82) is 0 Å². The van der Waals surface area contributed by atoms with Gasteiger partial charge in [0.15, 0.2) is 0 Å². The molecule has 1 atom stereocenters. The molecule has 1 fully saturated rings. The molecule has 2 rings (SSSR count). The molecule has 1 aliphatic heterocycles. The third-order valence-electron chi connectivity index (χ3n) is 4.02. The highest BCUT2D eigenvalue weighted by Gasteiger charge is 2.33. The first-order valence-electron chi connectivity index (χ1n) is 7.53. The van der Waals surface area contributed by atoms with Crippen LogP contribution in [0.5, 0.6) is 0 Å². The van der Waals surface area contributed by atoms with E-state index in [2.05, 4.69) is 0 Å². The summed E-state index contributed by atoms with van der Waals surface area (Å²) >= 11 is 0. The van der Waals surface area contributed by atoms with Crippen LogP contribution in [0.1, 0.15) is 26.7 Å². The number of rotatable bonds is 4. The zero-order valence-electron chi connectivity index (χ0n) is 13.2. The molecule has 1 aromatic carbocycles. The van der Waals surface area contributed by atoms with Gasteiger partial charge >= 0.3 is 0 Å². The Balaban J connectivity index is 0.00000242. The van der Waals surface area contributed by atoms with Gasteiger partial charge in [-0.1, -0.05) is 25.5 Å². The number of anilines is 1. The first-order chi connectivity index (χ1) is 9.95. The Morgan fingerprint density at radius 2 is 1.86 bits per heavy atom. The van der Waals surface area contributed by atoms with Gasteiger partial charge in [0.2, 0.25) is 5.91 Å². The molecule has 22 heavy (non-hydrogen) atoms. The molecule has 124 valence electrons. The Labute approximate surface area is 137 Å². The zero-order valence-corrected chi connectivity index (χ0v) is 14.0. The molecular formula is C16H25ClFN3O. The van der Waals surface area contributed by atoms with E-state index in [1.165, 1.54) is 6.07 Å². The van der Waals surface area contributed by atoms with E-state index < -0.39 is 5.54 Å². The van der Waals surface area contributed by atoms with Crippen molar-refractivity contribution < 1.29 is 9.18 Å². The molecule has 2 N–H and O–H groups in total. The van der Waals surface area contributed by atoms with Crippen molar-refractivity contribution >= 4 is 24.0 Å². The molecule has 4 nitrogen and oxygen atoms in total. The van der Waals surface area contributed by atoms with E-state index in [4.69, 9.17) is 5.73 Å². The number of carbonyl (C=O) groups is 1. The molecule has 0 radical (unpaired) electrons. The van der Waals surface area contributed by atoms with Crippen molar-refractivity contribution in [3.63, 3.8) is 0 Å². The van der Waals surface area contributed by atoms with Crippen LogP contribution in [0.4, 0.5) is 10.1 Å². The van der Waals surface area contributed by atoms with Crippen LogP contribution in [-0.2, 0) is 4.79 Å². The molecule has 0 saturated carbocycles. The average Bonchev–Trinajstić information content (AvgIpc) is 2.47. The monoisotopic (exact) mass is 329 g/mol. The molecule has 0 aliphatic carbocycles. The van der Waals surface area contributed by atoms with Crippen LogP contribution in [0.25, 0.3) is 0 Å². The molecule has 1 amide bonds. The van der Waals surface area contributed by atoms with E-state index in [1.54, 1.807) is 24.0 Å². The van der Waals surface area contributed by atoms with Gasteiger partial charge in [-0.3, -0.25) is 4.79 Å². The summed E-state index contributed by atoms with van der Waals surface area (Å²) in [5.74, 6) is -0.218. The predicted octanol–water partition coefficient (Wildman–Crippen LogP) is 2.41. The first kappa shape index (κ1) is 18.7. The number of hydrogen-bond acceptors (Lipinski definition) is 3. The first-order valence-corrected chi connectivity index (χ1v) is 7.53. The number of nitrogens with zero attached hydrogens (tertiary/aromatic N) is 2. The molecule has 0 aromatic heterocycles. The lowest BCUT2D eigenvalue weighted by Gasteiger charge is -2.39. The van der Waals surface area contributed by atoms with Crippen molar-refractivity contribution in [1.82, 2.24) is 4.90 Å². The van der Waals surface area contributed by atoms with Crippen LogP contribution in [-0.4, -0.2) is 42.5 Å². The van der Waals surface area contributed by atoms with Crippen LogP contribution >= 0.6 is 12.4 Å². The quantitative estimate of drug-likeness (QED) is 0.923. The molecule has 1 heterocycles. The third-order valence-corrected chi connectivity index (χ3v) is 4.02. The Bertz CT molecular complexity index is 502. The van der Waals surface area contributed by atoms with Crippen LogP contribution < -0.4 is 10.6 Å². The second-order valence-corrected chi connectivity index (χ2v) is 5.90. The molecule has 6 heteroatoms. The fourth-order valence-electron chi connectivity index (χ4n) is 2.85. The Hall–Kier alpha value is -1.33. The summed E-state index contributed by atoms with van der Waals surface area (Å²) in [7, 11) is 0. The molecule has 1 saturated heterocycles. The highest BCUT2D eigenvalue weighted by atomic mass is 35.5. The van der Waals surface area contributed by atoms with Gasteiger partial charge in [-0.2, -0.15) is 0 Å². The topological polar surface area (TPSA) is 49.6 Å². The second kappa shape index (κ2) is 7.79. The maximum Gasteiger partial charge on any atom is 0.242 e. The largest absolute Gasteiger partial charge is 0.366 e. The standard InChI is InChI=1S/C16H24FN3O.ClH/c1-3-8-16(2,18)15(21)20-11-9-19(10-12-20)14-7-5-4-6-13(14)17;/h4-7H,3,8-12,18H2,1-2H3;1H. The molecule has 1 aliphatic rings. The number of carbonyl (C=O) groups excluding carboxylic acids is 1. The summed E-state index contributed by atoms with van der Waals surface area (Å²) in [4.78, 5) is 16.2. The summed E-state index contributed by atoms with van der Waals surface area (Å²) in [6.07, 6.45) is 1.56. The number of nitrogens with two attached hydrogens (primary N) is 1. The van der Waals surface area contributed by atoms with E-state index in [-0.39, 0.29) is 24.1 Å². The molecule has 0 spiro atoms. The summed E-state index contributed by atoms with van der Waals surface area (Å²) in [6, 6.07) is 6.75. The van der Waals surface area contributed by atoms with Gasteiger partial charge in [0, 0.05) is 26.2 Å². The van der Waals surface area contributed by atoms with E-state index in [0.717, 1.165) is 6.42 Å². The van der Waals surface area contributed by atoms with Crippen molar-refractivity contribution in [3.05, 3.63) is 30.1 Å². The van der Waals surface area contributed by atoms with E-state index >= 15 is 0 Å². The van der Waals surface area contributed by atoms with Gasteiger partial charge in [0.25, 0.3) is 0 Å².